The van der Waals surface area contributed by atoms with Crippen LogP contribution in [0.2, 0.25) is 0 Å². The number of pyridine rings is 1. The number of aromatic nitrogens is 1. The molecule has 51 heavy (non-hydrogen) atoms. The second-order valence-electron chi connectivity index (χ2n) is 15.6. The topological polar surface area (TPSA) is 50.2 Å². The van der Waals surface area contributed by atoms with Gasteiger partial charge in [0.1, 0.15) is 0 Å². The zero-order chi connectivity index (χ0) is 36.4. The number of fused-ring (bicyclic) bond motifs is 6. The summed E-state index contributed by atoms with van der Waals surface area (Å²) < 4.78 is 2.55. The van der Waals surface area contributed by atoms with E-state index in [-0.39, 0.29) is 54.3 Å². The fourth-order valence-corrected chi connectivity index (χ4v) is 8.11. The number of carbonyl (C=O) groups is 1. The fraction of sp³-hybridized carbons (Fsp3) is 0.391. The Balaban J connectivity index is 0.000000312. The number of rotatable bonds is 8. The molecule has 0 atom stereocenters. The van der Waals surface area contributed by atoms with E-state index in [0.717, 1.165) is 47.8 Å². The summed E-state index contributed by atoms with van der Waals surface area (Å²) in [4.78, 5) is 17.0. The van der Waals surface area contributed by atoms with E-state index in [0.29, 0.717) is 0 Å². The molecule has 1 radical (unpaired) electrons. The van der Waals surface area contributed by atoms with Crippen LogP contribution in [-0.2, 0) is 35.7 Å². The molecular weight excluding hydrogens is 823 g/mol. The van der Waals surface area contributed by atoms with E-state index < -0.39 is 0 Å². The third-order valence-electron chi connectivity index (χ3n) is 10.1. The van der Waals surface area contributed by atoms with Crippen molar-refractivity contribution in [3.05, 3.63) is 102 Å². The van der Waals surface area contributed by atoms with Crippen molar-refractivity contribution in [2.45, 2.75) is 106 Å². The van der Waals surface area contributed by atoms with Crippen LogP contribution < -0.4 is 0 Å². The van der Waals surface area contributed by atoms with Crippen LogP contribution in [0.1, 0.15) is 106 Å². The molecule has 2 heterocycles. The number of benzene rings is 4. The normalized spacial score (nSPS) is 12.5. The van der Waals surface area contributed by atoms with Crippen molar-refractivity contribution in [2.75, 3.05) is 0 Å². The van der Waals surface area contributed by atoms with Gasteiger partial charge in [-0.15, -0.1) is 40.5 Å². The average molecular weight is 877 g/mol. The first-order valence-electron chi connectivity index (χ1n) is 18.4. The van der Waals surface area contributed by atoms with Crippen molar-refractivity contribution in [3.63, 3.8) is 0 Å². The van der Waals surface area contributed by atoms with Gasteiger partial charge in [0.25, 0.3) is 0 Å². The first kappa shape index (κ1) is 40.4. The Bertz CT molecular complexity index is 2170. The molecule has 271 valence electrons. The molecule has 0 spiro atoms. The monoisotopic (exact) mass is 877 g/mol. The second kappa shape index (κ2) is 16.5. The maximum Gasteiger partial charge on any atom is 0.162 e. The van der Waals surface area contributed by atoms with Crippen LogP contribution in [0.5, 0.6) is 0 Å². The molecule has 3 nitrogen and oxygen atoms in total. The Morgan fingerprint density at radius 2 is 1.39 bits per heavy atom. The molecule has 0 saturated heterocycles. The summed E-state index contributed by atoms with van der Waals surface area (Å²) in [5, 5.41) is 16.0. The zero-order valence-corrected chi connectivity index (χ0v) is 35.2. The quantitative estimate of drug-likeness (QED) is 0.0941. The predicted molar refractivity (Wildman–Crippen MR) is 218 cm³/mol. The number of ketones is 1. The molecule has 1 N–H and O–H groups in total. The Morgan fingerprint density at radius 1 is 0.784 bits per heavy atom. The fourth-order valence-electron chi connectivity index (χ4n) is 6.89. The van der Waals surface area contributed by atoms with Gasteiger partial charge in [-0.25, -0.2) is 0 Å². The van der Waals surface area contributed by atoms with Crippen molar-refractivity contribution in [3.8, 4) is 11.3 Å². The van der Waals surface area contributed by atoms with Gasteiger partial charge in [0, 0.05) is 69.3 Å². The van der Waals surface area contributed by atoms with Crippen LogP contribution in [0.4, 0.5) is 0 Å². The number of hydrogen-bond acceptors (Lipinski definition) is 4. The minimum atomic E-state index is 0. The molecule has 6 rings (SSSR count). The van der Waals surface area contributed by atoms with Crippen molar-refractivity contribution in [1.82, 2.24) is 4.98 Å². The molecule has 0 bridgehead atoms. The molecule has 2 aromatic heterocycles. The Kier molecular flexibility index (Phi) is 13.1. The largest absolute Gasteiger partial charge is 0.512 e. The second-order valence-corrected chi connectivity index (χ2v) is 16.7. The van der Waals surface area contributed by atoms with Crippen LogP contribution in [0.25, 0.3) is 53.1 Å². The molecule has 5 heteroatoms. The number of aliphatic hydroxyl groups is 1. The number of thiophene rings is 1. The van der Waals surface area contributed by atoms with Crippen LogP contribution in [0.15, 0.2) is 84.6 Å². The van der Waals surface area contributed by atoms with E-state index in [1.807, 2.05) is 39.0 Å². The van der Waals surface area contributed by atoms with Crippen LogP contribution in [0.3, 0.4) is 0 Å². The Morgan fingerprint density at radius 3 is 2.00 bits per heavy atom. The third-order valence-corrected chi connectivity index (χ3v) is 11.3. The number of aliphatic hydroxyl groups excluding tert-OH is 1. The van der Waals surface area contributed by atoms with Gasteiger partial charge in [-0.1, -0.05) is 123 Å². The minimum Gasteiger partial charge on any atom is -0.512 e. The summed E-state index contributed by atoms with van der Waals surface area (Å²) in [6.07, 6.45) is 4.91. The Labute approximate surface area is 322 Å². The molecule has 0 aliphatic heterocycles. The van der Waals surface area contributed by atoms with E-state index in [1.165, 1.54) is 48.1 Å². The third kappa shape index (κ3) is 8.65. The van der Waals surface area contributed by atoms with Crippen molar-refractivity contribution >= 4 is 59.0 Å². The van der Waals surface area contributed by atoms with Crippen LogP contribution in [-0.4, -0.2) is 15.9 Å². The molecule has 0 aliphatic carbocycles. The van der Waals surface area contributed by atoms with E-state index in [9.17, 15) is 9.90 Å². The van der Waals surface area contributed by atoms with E-state index in [2.05, 4.69) is 120 Å². The number of hydrogen-bond donors (Lipinski definition) is 1. The summed E-state index contributed by atoms with van der Waals surface area (Å²) in [6, 6.07) is 30.2. The molecule has 4 aromatic carbocycles. The van der Waals surface area contributed by atoms with Gasteiger partial charge in [0.05, 0.1) is 11.3 Å². The summed E-state index contributed by atoms with van der Waals surface area (Å²) in [5.74, 6) is 0.547. The Hall–Kier alpha value is -3.37. The van der Waals surface area contributed by atoms with Gasteiger partial charge < -0.3 is 5.11 Å². The number of nitrogens with zero attached hydrogens (tertiary/aromatic N) is 1. The standard InChI is InChI=1S/C33H30NS.C13H24O2.Ir/c1-32(2,3)22-15-16-27-25(19-22)29-24-13-9-10-14-28(24)35-31(29)30(34-27)21-17-20-11-7-8-12-23(20)26(18-21)33(4,5)6;1-5-10(6-2)12(14)9-13(15)11(7-3)8-4;/h7-16,18-19H,1-6H3;9-11,14H,5-8H2,1-4H3;/q-1;;/b;12-9-;. The first-order chi connectivity index (χ1) is 23.7. The average Bonchev–Trinajstić information content (AvgIpc) is 3.48. The summed E-state index contributed by atoms with van der Waals surface area (Å²) in [5.41, 5.74) is 5.92. The maximum atomic E-state index is 11.7. The molecule has 0 unspecified atom stereocenters. The molecule has 0 amide bonds. The van der Waals surface area contributed by atoms with Crippen LogP contribution >= 0.6 is 11.3 Å². The zero-order valence-electron chi connectivity index (χ0n) is 32.0. The number of carbonyl (C=O) groups excluding carboxylic acids is 1. The number of allylic oxidation sites excluding steroid dienone is 2. The van der Waals surface area contributed by atoms with Gasteiger partial charge in [0.15, 0.2) is 5.78 Å². The summed E-state index contributed by atoms with van der Waals surface area (Å²) >= 11 is 1.85. The van der Waals surface area contributed by atoms with Crippen molar-refractivity contribution in [2.24, 2.45) is 11.8 Å². The van der Waals surface area contributed by atoms with E-state index in [4.69, 9.17) is 4.98 Å². The van der Waals surface area contributed by atoms with Gasteiger partial charge >= 0.3 is 0 Å². The molecule has 0 saturated carbocycles. The summed E-state index contributed by atoms with van der Waals surface area (Å²) in [7, 11) is 0. The SMILES string of the molecule is CC(C)(C)c1ccc2nc(-c3[c-]c4ccccc4c(C(C)(C)C)c3)c3sc4ccccc4c3c2c1.CCC(CC)C(=O)/C=C(\O)C(CC)CC.[Ir]. The molecular formula is C46H54IrNO2S-. The van der Waals surface area contributed by atoms with Crippen molar-refractivity contribution < 1.29 is 30.0 Å². The van der Waals surface area contributed by atoms with Gasteiger partial charge in [0.2, 0.25) is 0 Å². The van der Waals surface area contributed by atoms with Gasteiger partial charge in [-0.3, -0.25) is 9.78 Å². The molecule has 0 fully saturated rings. The van der Waals surface area contributed by atoms with Gasteiger partial charge in [-0.05, 0) is 60.3 Å². The van der Waals surface area contributed by atoms with Gasteiger partial charge in [-0.2, -0.15) is 0 Å². The summed E-state index contributed by atoms with van der Waals surface area (Å²) in [6.45, 7) is 21.8. The molecule has 6 aromatic rings. The predicted octanol–water partition coefficient (Wildman–Crippen LogP) is 13.7. The first-order valence-corrected chi connectivity index (χ1v) is 19.2. The molecule has 0 aliphatic rings. The van der Waals surface area contributed by atoms with Crippen LogP contribution in [0, 0.1) is 17.9 Å². The smallest absolute Gasteiger partial charge is 0.162 e. The maximum absolute atomic E-state index is 11.7. The van der Waals surface area contributed by atoms with E-state index in [1.54, 1.807) is 0 Å². The minimum absolute atomic E-state index is 0. The van der Waals surface area contributed by atoms with E-state index >= 15 is 0 Å². The van der Waals surface area contributed by atoms with Crippen molar-refractivity contribution in [1.29, 1.82) is 0 Å².